The molecule has 1 aromatic carbocycles. The van der Waals surface area contributed by atoms with Crippen LogP contribution in [0.3, 0.4) is 0 Å². The van der Waals surface area contributed by atoms with E-state index in [1.165, 1.54) is 5.56 Å². The molecule has 5 nitrogen and oxygen atoms in total. The van der Waals surface area contributed by atoms with Crippen LogP contribution in [0.25, 0.3) is 4.96 Å². The van der Waals surface area contributed by atoms with Gasteiger partial charge in [0.25, 0.3) is 0 Å². The van der Waals surface area contributed by atoms with E-state index in [4.69, 9.17) is 0 Å². The van der Waals surface area contributed by atoms with Crippen molar-refractivity contribution in [1.29, 1.82) is 0 Å². The molecule has 0 aliphatic heterocycles. The van der Waals surface area contributed by atoms with Crippen molar-refractivity contribution in [3.05, 3.63) is 59.4 Å². The van der Waals surface area contributed by atoms with Crippen LogP contribution in [0.15, 0.2) is 53.1 Å². The Labute approximate surface area is 146 Å². The molecule has 0 amide bonds. The van der Waals surface area contributed by atoms with Crippen molar-refractivity contribution in [2.45, 2.75) is 25.8 Å². The van der Waals surface area contributed by atoms with E-state index in [0.29, 0.717) is 6.54 Å². The molecule has 126 valence electrons. The molecule has 2 aromatic heterocycles. The number of nitrogens with zero attached hydrogens (tertiary/aromatic N) is 3. The van der Waals surface area contributed by atoms with Crippen molar-refractivity contribution in [2.24, 2.45) is 4.99 Å². The second kappa shape index (κ2) is 7.05. The van der Waals surface area contributed by atoms with E-state index in [2.05, 4.69) is 58.7 Å². The Morgan fingerprint density at radius 2 is 2.04 bits per heavy atom. The van der Waals surface area contributed by atoms with Gasteiger partial charge in [0.2, 0.25) is 0 Å². The van der Waals surface area contributed by atoms with Gasteiger partial charge in [-0.25, -0.2) is 4.98 Å². The fraction of sp³-hybridized carbons (Fsp3) is 0.333. The van der Waals surface area contributed by atoms with Gasteiger partial charge >= 0.3 is 0 Å². The first-order valence-corrected chi connectivity index (χ1v) is 8.87. The average Bonchev–Trinajstić information content (AvgIpc) is 3.17. The monoisotopic (exact) mass is 341 g/mol. The third-order valence-corrected chi connectivity index (χ3v) is 4.83. The van der Waals surface area contributed by atoms with E-state index < -0.39 is 0 Å². The first-order valence-electron chi connectivity index (χ1n) is 7.99. The predicted octanol–water partition coefficient (Wildman–Crippen LogP) is 3.04. The van der Waals surface area contributed by atoms with Crippen LogP contribution in [0.4, 0.5) is 0 Å². The van der Waals surface area contributed by atoms with Crippen LogP contribution in [-0.4, -0.2) is 28.9 Å². The van der Waals surface area contributed by atoms with E-state index in [1.807, 2.05) is 28.2 Å². The van der Waals surface area contributed by atoms with Crippen molar-refractivity contribution in [3.8, 4) is 0 Å². The second-order valence-corrected chi connectivity index (χ2v) is 7.23. The first kappa shape index (κ1) is 16.5. The van der Waals surface area contributed by atoms with E-state index in [1.54, 1.807) is 18.4 Å². The maximum atomic E-state index is 4.57. The van der Waals surface area contributed by atoms with Crippen LogP contribution in [0, 0.1) is 0 Å². The summed E-state index contributed by atoms with van der Waals surface area (Å²) in [5.41, 5.74) is 2.34. The Kier molecular flexibility index (Phi) is 4.85. The Balaban J connectivity index is 1.56. The molecule has 0 spiro atoms. The molecule has 0 unspecified atom stereocenters. The lowest BCUT2D eigenvalue weighted by molar-refractivity contribution is 0.508. The maximum absolute atomic E-state index is 4.57. The highest BCUT2D eigenvalue weighted by molar-refractivity contribution is 7.15. The zero-order valence-corrected chi connectivity index (χ0v) is 15.1. The van der Waals surface area contributed by atoms with Crippen LogP contribution in [0.5, 0.6) is 0 Å². The first-order chi connectivity index (χ1) is 11.6. The molecule has 3 rings (SSSR count). The fourth-order valence-corrected chi connectivity index (χ4v) is 3.27. The van der Waals surface area contributed by atoms with Crippen molar-refractivity contribution in [1.82, 2.24) is 20.0 Å². The van der Waals surface area contributed by atoms with Crippen LogP contribution >= 0.6 is 11.3 Å². The molecule has 0 atom stereocenters. The van der Waals surface area contributed by atoms with Crippen molar-refractivity contribution in [3.63, 3.8) is 0 Å². The van der Waals surface area contributed by atoms with Crippen LogP contribution in [-0.2, 0) is 12.0 Å². The Bertz CT molecular complexity index is 788. The van der Waals surface area contributed by atoms with Gasteiger partial charge in [-0.3, -0.25) is 9.39 Å². The van der Waals surface area contributed by atoms with Gasteiger partial charge in [-0.05, 0) is 5.56 Å². The largest absolute Gasteiger partial charge is 0.356 e. The molecular formula is C18H23N5S. The highest BCUT2D eigenvalue weighted by atomic mass is 32.1. The maximum Gasteiger partial charge on any atom is 0.193 e. The summed E-state index contributed by atoms with van der Waals surface area (Å²) in [4.78, 5) is 9.89. The smallest absolute Gasteiger partial charge is 0.193 e. The number of hydrogen-bond donors (Lipinski definition) is 2. The molecule has 0 bridgehead atoms. The summed E-state index contributed by atoms with van der Waals surface area (Å²) in [6, 6.07) is 10.5. The molecule has 0 saturated carbocycles. The fourth-order valence-electron chi connectivity index (χ4n) is 2.55. The van der Waals surface area contributed by atoms with Crippen molar-refractivity contribution in [2.75, 3.05) is 13.6 Å². The lowest BCUT2D eigenvalue weighted by Crippen LogP contribution is -2.43. The third-order valence-electron chi connectivity index (χ3n) is 4.06. The number of nitrogens with one attached hydrogen (secondary N) is 2. The normalized spacial score (nSPS) is 12.5. The van der Waals surface area contributed by atoms with Crippen LogP contribution < -0.4 is 10.6 Å². The zero-order chi connectivity index (χ0) is 17.0. The van der Waals surface area contributed by atoms with E-state index in [0.717, 1.165) is 23.2 Å². The highest BCUT2D eigenvalue weighted by Crippen LogP contribution is 2.21. The molecular weight excluding hydrogens is 318 g/mol. The number of guanidine groups is 1. The molecule has 2 N–H and O–H groups in total. The standard InChI is InChI=1S/C18H23N5S/c1-18(2,14-7-5-4-6-8-14)13-21-16(19-3)20-11-15-12-23-9-10-24-17(23)22-15/h4-10,12H,11,13H2,1-3H3,(H2,19,20,21). The summed E-state index contributed by atoms with van der Waals surface area (Å²) in [6.45, 7) is 5.91. The van der Waals surface area contributed by atoms with Gasteiger partial charge in [0.05, 0.1) is 12.2 Å². The number of benzene rings is 1. The summed E-state index contributed by atoms with van der Waals surface area (Å²) in [6.07, 6.45) is 4.06. The number of aromatic nitrogens is 2. The topological polar surface area (TPSA) is 53.7 Å². The SMILES string of the molecule is CN=C(NCc1cn2ccsc2n1)NCC(C)(C)c1ccccc1. The van der Waals surface area contributed by atoms with Crippen molar-refractivity contribution < 1.29 is 0 Å². The number of rotatable bonds is 5. The third kappa shape index (κ3) is 3.76. The van der Waals surface area contributed by atoms with Gasteiger partial charge in [-0.15, -0.1) is 11.3 Å². The van der Waals surface area contributed by atoms with Gasteiger partial charge < -0.3 is 10.6 Å². The Morgan fingerprint density at radius 1 is 1.25 bits per heavy atom. The highest BCUT2D eigenvalue weighted by Gasteiger charge is 2.20. The zero-order valence-electron chi connectivity index (χ0n) is 14.3. The summed E-state index contributed by atoms with van der Waals surface area (Å²) >= 11 is 1.64. The molecule has 0 saturated heterocycles. The molecule has 2 heterocycles. The van der Waals surface area contributed by atoms with Crippen LogP contribution in [0.2, 0.25) is 0 Å². The van der Waals surface area contributed by atoms with E-state index >= 15 is 0 Å². The number of fused-ring (bicyclic) bond motifs is 1. The lowest BCUT2D eigenvalue weighted by atomic mass is 9.85. The minimum Gasteiger partial charge on any atom is -0.356 e. The predicted molar refractivity (Wildman–Crippen MR) is 101 cm³/mol. The van der Waals surface area contributed by atoms with E-state index in [9.17, 15) is 0 Å². The summed E-state index contributed by atoms with van der Waals surface area (Å²) in [5.74, 6) is 0.787. The second-order valence-electron chi connectivity index (χ2n) is 6.35. The minimum absolute atomic E-state index is 0.0237. The van der Waals surface area contributed by atoms with Gasteiger partial charge in [-0.1, -0.05) is 44.2 Å². The molecule has 0 aliphatic carbocycles. The molecule has 0 radical (unpaired) electrons. The summed E-state index contributed by atoms with van der Waals surface area (Å²) in [7, 11) is 1.79. The Hall–Kier alpha value is -2.34. The molecule has 0 aliphatic rings. The van der Waals surface area contributed by atoms with Crippen molar-refractivity contribution >= 4 is 22.3 Å². The minimum atomic E-state index is 0.0237. The Morgan fingerprint density at radius 3 is 2.75 bits per heavy atom. The van der Waals surface area contributed by atoms with Gasteiger partial charge in [-0.2, -0.15) is 0 Å². The summed E-state index contributed by atoms with van der Waals surface area (Å²) in [5, 5.41) is 8.77. The number of thiazole rings is 1. The number of aliphatic imine (C=N–C) groups is 1. The quantitative estimate of drug-likeness (QED) is 0.554. The molecule has 3 aromatic rings. The molecule has 6 heteroatoms. The van der Waals surface area contributed by atoms with Gasteiger partial charge in [0, 0.05) is 36.8 Å². The molecule has 0 fully saturated rings. The average molecular weight is 341 g/mol. The van der Waals surface area contributed by atoms with Gasteiger partial charge in [0.1, 0.15) is 0 Å². The summed E-state index contributed by atoms with van der Waals surface area (Å²) < 4.78 is 2.04. The van der Waals surface area contributed by atoms with Crippen LogP contribution in [0.1, 0.15) is 25.1 Å². The number of imidazole rings is 1. The van der Waals surface area contributed by atoms with Gasteiger partial charge in [0.15, 0.2) is 10.9 Å². The van der Waals surface area contributed by atoms with E-state index in [-0.39, 0.29) is 5.41 Å². The molecule has 24 heavy (non-hydrogen) atoms. The lowest BCUT2D eigenvalue weighted by Gasteiger charge is -2.26. The number of hydrogen-bond acceptors (Lipinski definition) is 3.